The molecule has 1 aromatic heterocycles. The van der Waals surface area contributed by atoms with E-state index in [1.54, 1.807) is 12.1 Å². The third-order valence-electron chi connectivity index (χ3n) is 6.73. The number of hydrogen-bond donors (Lipinski definition) is 1. The van der Waals surface area contributed by atoms with Gasteiger partial charge in [0.15, 0.2) is 5.13 Å². The van der Waals surface area contributed by atoms with Gasteiger partial charge >= 0.3 is 5.91 Å². The smallest absolute Gasteiger partial charge is 0.301 e. The number of ketones is 1. The number of rotatable bonds is 3. The van der Waals surface area contributed by atoms with E-state index in [0.717, 1.165) is 28.0 Å². The Morgan fingerprint density at radius 1 is 1.00 bits per heavy atom. The first-order chi connectivity index (χ1) is 17.5. The molecule has 1 unspecified atom stereocenters. The zero-order valence-electron chi connectivity index (χ0n) is 21.3. The molecule has 1 aliphatic heterocycles. The number of amides is 1. The molecular formula is C30H27FN2O3S. The van der Waals surface area contributed by atoms with E-state index < -0.39 is 23.5 Å². The van der Waals surface area contributed by atoms with Crippen LogP contribution in [-0.4, -0.2) is 21.8 Å². The van der Waals surface area contributed by atoms with Crippen molar-refractivity contribution in [3.63, 3.8) is 0 Å². The lowest BCUT2D eigenvalue weighted by Gasteiger charge is -2.25. The Hall–Kier alpha value is -3.84. The number of carbonyl (C=O) groups is 2. The third kappa shape index (κ3) is 4.33. The summed E-state index contributed by atoms with van der Waals surface area (Å²) in [6, 6.07) is 16.6. The standard InChI is InChI=1S/C30H27FN2O3S/c1-16-6-7-17(2)21(14-16)26(34)24-25(18-8-10-19(11-9-18)30(3,4)5)33(28(36)27(24)35)29-32-22-13-12-20(31)15-23(22)37-29/h6-15,25,34H,1-5H3/b26-24+. The van der Waals surface area contributed by atoms with Crippen LogP contribution < -0.4 is 4.90 Å². The summed E-state index contributed by atoms with van der Waals surface area (Å²) in [5.41, 5.74) is 4.42. The molecular weight excluding hydrogens is 487 g/mol. The number of thiazole rings is 1. The van der Waals surface area contributed by atoms with Gasteiger partial charge in [-0.05, 0) is 60.2 Å². The highest BCUT2D eigenvalue weighted by atomic mass is 32.1. The minimum atomic E-state index is -0.890. The molecule has 1 aliphatic rings. The summed E-state index contributed by atoms with van der Waals surface area (Å²) < 4.78 is 14.4. The topological polar surface area (TPSA) is 70.5 Å². The van der Waals surface area contributed by atoms with Crippen molar-refractivity contribution in [1.82, 2.24) is 4.98 Å². The van der Waals surface area contributed by atoms with Crippen LogP contribution in [0.15, 0.2) is 66.2 Å². The molecule has 5 rings (SSSR count). The van der Waals surface area contributed by atoms with Crippen LogP contribution in [0.25, 0.3) is 16.0 Å². The van der Waals surface area contributed by atoms with Crippen molar-refractivity contribution in [2.75, 3.05) is 4.90 Å². The van der Waals surface area contributed by atoms with E-state index in [2.05, 4.69) is 25.8 Å². The largest absolute Gasteiger partial charge is 0.507 e. The van der Waals surface area contributed by atoms with Crippen molar-refractivity contribution < 1.29 is 19.1 Å². The molecule has 2 heterocycles. The lowest BCUT2D eigenvalue weighted by atomic mass is 9.85. The van der Waals surface area contributed by atoms with Gasteiger partial charge in [0.25, 0.3) is 5.78 Å². The van der Waals surface area contributed by atoms with Gasteiger partial charge in [0, 0.05) is 5.56 Å². The van der Waals surface area contributed by atoms with E-state index >= 15 is 0 Å². The van der Waals surface area contributed by atoms with Crippen LogP contribution in [0.3, 0.4) is 0 Å². The highest BCUT2D eigenvalue weighted by molar-refractivity contribution is 7.22. The van der Waals surface area contributed by atoms with Crippen LogP contribution >= 0.6 is 11.3 Å². The number of anilines is 1. The molecule has 7 heteroatoms. The molecule has 0 radical (unpaired) electrons. The summed E-state index contributed by atoms with van der Waals surface area (Å²) in [4.78, 5) is 32.8. The SMILES string of the molecule is Cc1ccc(C)c(/C(O)=C2\C(=O)C(=O)N(c3nc4ccc(F)cc4s3)C2c2ccc(C(C)(C)C)cc2)c1. The number of Topliss-reactive ketones (excluding diaryl/α,β-unsaturated/α-hetero) is 1. The van der Waals surface area contributed by atoms with Gasteiger partial charge in [0.05, 0.1) is 21.8 Å². The highest BCUT2D eigenvalue weighted by Crippen LogP contribution is 2.45. The molecule has 0 bridgehead atoms. The number of halogens is 1. The van der Waals surface area contributed by atoms with E-state index in [-0.39, 0.29) is 21.9 Å². The fourth-order valence-electron chi connectivity index (χ4n) is 4.64. The monoisotopic (exact) mass is 514 g/mol. The number of fused-ring (bicyclic) bond motifs is 1. The fraction of sp³-hybridized carbons (Fsp3) is 0.233. The molecule has 1 fully saturated rings. The maximum absolute atomic E-state index is 13.9. The Labute approximate surface area is 218 Å². The average Bonchev–Trinajstić information content (AvgIpc) is 3.37. The number of hydrogen-bond acceptors (Lipinski definition) is 5. The summed E-state index contributed by atoms with van der Waals surface area (Å²) in [6.07, 6.45) is 0. The van der Waals surface area contributed by atoms with Crippen molar-refractivity contribution in [1.29, 1.82) is 0 Å². The number of aliphatic hydroxyl groups excluding tert-OH is 1. The van der Waals surface area contributed by atoms with Crippen molar-refractivity contribution in [2.24, 2.45) is 0 Å². The first-order valence-corrected chi connectivity index (χ1v) is 12.8. The average molecular weight is 515 g/mol. The first-order valence-electron chi connectivity index (χ1n) is 12.0. The second kappa shape index (κ2) is 8.92. The van der Waals surface area contributed by atoms with E-state index in [1.165, 1.54) is 17.0 Å². The minimum absolute atomic E-state index is 0.00708. The van der Waals surface area contributed by atoms with Gasteiger partial charge in [-0.2, -0.15) is 0 Å². The van der Waals surface area contributed by atoms with Crippen LogP contribution in [0, 0.1) is 19.7 Å². The number of nitrogens with zero attached hydrogens (tertiary/aromatic N) is 2. The van der Waals surface area contributed by atoms with E-state index in [0.29, 0.717) is 21.3 Å². The van der Waals surface area contributed by atoms with Crippen molar-refractivity contribution >= 4 is 44.1 Å². The number of benzene rings is 3. The van der Waals surface area contributed by atoms with Gasteiger partial charge in [-0.25, -0.2) is 9.37 Å². The Morgan fingerprint density at radius 3 is 2.38 bits per heavy atom. The van der Waals surface area contributed by atoms with Gasteiger partial charge in [-0.3, -0.25) is 14.5 Å². The Kier molecular flexibility index (Phi) is 5.99. The van der Waals surface area contributed by atoms with Crippen LogP contribution in [-0.2, 0) is 15.0 Å². The first kappa shape index (κ1) is 24.8. The molecule has 37 heavy (non-hydrogen) atoms. The lowest BCUT2D eigenvalue weighted by Crippen LogP contribution is -2.29. The molecule has 0 aliphatic carbocycles. The van der Waals surface area contributed by atoms with Crippen molar-refractivity contribution in [3.8, 4) is 0 Å². The van der Waals surface area contributed by atoms with Gasteiger partial charge in [0.2, 0.25) is 0 Å². The quantitative estimate of drug-likeness (QED) is 0.182. The molecule has 4 aromatic rings. The molecule has 1 atom stereocenters. The maximum Gasteiger partial charge on any atom is 0.301 e. The number of carbonyl (C=O) groups excluding carboxylic acids is 2. The third-order valence-corrected chi connectivity index (χ3v) is 7.75. The van der Waals surface area contributed by atoms with Crippen LogP contribution in [0.2, 0.25) is 0 Å². The van der Waals surface area contributed by atoms with Crippen molar-refractivity contribution in [2.45, 2.75) is 46.1 Å². The fourth-order valence-corrected chi connectivity index (χ4v) is 5.65. The molecule has 1 N–H and O–H groups in total. The van der Waals surface area contributed by atoms with Crippen LogP contribution in [0.5, 0.6) is 0 Å². The van der Waals surface area contributed by atoms with E-state index in [4.69, 9.17) is 0 Å². The van der Waals surface area contributed by atoms with Gasteiger partial charge < -0.3 is 5.11 Å². The lowest BCUT2D eigenvalue weighted by molar-refractivity contribution is -0.132. The summed E-state index contributed by atoms with van der Waals surface area (Å²) in [7, 11) is 0. The van der Waals surface area contributed by atoms with E-state index in [9.17, 15) is 19.1 Å². The zero-order chi connectivity index (χ0) is 26.6. The Bertz CT molecular complexity index is 1600. The number of aromatic nitrogens is 1. The molecule has 188 valence electrons. The predicted molar refractivity (Wildman–Crippen MR) is 145 cm³/mol. The molecule has 0 spiro atoms. The normalized spacial score (nSPS) is 17.7. The zero-order valence-corrected chi connectivity index (χ0v) is 22.1. The summed E-state index contributed by atoms with van der Waals surface area (Å²) in [6.45, 7) is 10.1. The Morgan fingerprint density at radius 2 is 1.70 bits per heavy atom. The molecule has 3 aromatic carbocycles. The Balaban J connectivity index is 1.74. The van der Waals surface area contributed by atoms with Gasteiger partial charge in [-0.1, -0.05) is 74.1 Å². The maximum atomic E-state index is 13.9. The molecule has 5 nitrogen and oxygen atoms in total. The second-order valence-electron chi connectivity index (χ2n) is 10.5. The van der Waals surface area contributed by atoms with Crippen LogP contribution in [0.4, 0.5) is 9.52 Å². The summed E-state index contributed by atoms with van der Waals surface area (Å²) in [5, 5.41) is 11.8. The predicted octanol–water partition coefficient (Wildman–Crippen LogP) is 6.98. The van der Waals surface area contributed by atoms with Crippen molar-refractivity contribution in [3.05, 3.63) is 99.9 Å². The molecule has 1 saturated heterocycles. The number of aryl methyl sites for hydroxylation is 2. The minimum Gasteiger partial charge on any atom is -0.507 e. The molecule has 1 amide bonds. The van der Waals surface area contributed by atoms with E-state index in [1.807, 2.05) is 50.2 Å². The highest BCUT2D eigenvalue weighted by Gasteiger charge is 2.48. The van der Waals surface area contributed by atoms with Gasteiger partial charge in [0.1, 0.15) is 11.6 Å². The second-order valence-corrected chi connectivity index (χ2v) is 11.5. The number of aliphatic hydroxyl groups is 1. The van der Waals surface area contributed by atoms with Crippen LogP contribution in [0.1, 0.15) is 54.6 Å². The summed E-state index contributed by atoms with van der Waals surface area (Å²) in [5.74, 6) is -2.20. The summed E-state index contributed by atoms with van der Waals surface area (Å²) >= 11 is 1.13. The van der Waals surface area contributed by atoms with Gasteiger partial charge in [-0.15, -0.1) is 0 Å². The molecule has 0 saturated carbocycles.